The van der Waals surface area contributed by atoms with Crippen LogP contribution in [0.2, 0.25) is 0 Å². The van der Waals surface area contributed by atoms with Crippen LogP contribution in [0, 0.1) is 0 Å². The maximum absolute atomic E-state index is 13.3. The van der Waals surface area contributed by atoms with E-state index in [-0.39, 0.29) is 6.61 Å². The summed E-state index contributed by atoms with van der Waals surface area (Å²) in [6.07, 6.45) is 4.69. The molecular weight excluding hydrogens is 183 g/mol. The molecule has 1 fully saturated rings. The summed E-state index contributed by atoms with van der Waals surface area (Å²) in [5, 5.41) is 3.05. The summed E-state index contributed by atoms with van der Waals surface area (Å²) in [4.78, 5) is 4.13. The SMILES string of the molecule is CC1=CNC(C)(OCC2(F)CC2)C=N1. The van der Waals surface area contributed by atoms with Gasteiger partial charge in [-0.25, -0.2) is 4.39 Å². The van der Waals surface area contributed by atoms with Gasteiger partial charge >= 0.3 is 0 Å². The van der Waals surface area contributed by atoms with E-state index in [4.69, 9.17) is 4.74 Å². The van der Waals surface area contributed by atoms with Crippen molar-refractivity contribution in [3.8, 4) is 0 Å². The molecule has 1 atom stereocenters. The van der Waals surface area contributed by atoms with E-state index in [1.54, 1.807) is 12.4 Å². The maximum atomic E-state index is 13.3. The topological polar surface area (TPSA) is 33.6 Å². The van der Waals surface area contributed by atoms with Crippen LogP contribution in [0.3, 0.4) is 0 Å². The highest BCUT2D eigenvalue weighted by atomic mass is 19.1. The van der Waals surface area contributed by atoms with E-state index >= 15 is 0 Å². The zero-order chi connectivity index (χ0) is 10.2. The second kappa shape index (κ2) is 3.05. The van der Waals surface area contributed by atoms with Gasteiger partial charge in [0.15, 0.2) is 5.72 Å². The van der Waals surface area contributed by atoms with Crippen LogP contribution in [0.1, 0.15) is 26.7 Å². The lowest BCUT2D eigenvalue weighted by Gasteiger charge is -2.29. The van der Waals surface area contributed by atoms with Gasteiger partial charge in [-0.15, -0.1) is 0 Å². The summed E-state index contributed by atoms with van der Waals surface area (Å²) >= 11 is 0. The number of halogens is 1. The molecule has 0 aromatic carbocycles. The Morgan fingerprint density at radius 2 is 2.36 bits per heavy atom. The van der Waals surface area contributed by atoms with Gasteiger partial charge in [0.2, 0.25) is 0 Å². The third kappa shape index (κ3) is 2.12. The van der Waals surface area contributed by atoms with Crippen molar-refractivity contribution >= 4 is 6.21 Å². The lowest BCUT2D eigenvalue weighted by atomic mass is 10.2. The smallest absolute Gasteiger partial charge is 0.172 e. The number of hydrogen-bond acceptors (Lipinski definition) is 3. The van der Waals surface area contributed by atoms with Crippen molar-refractivity contribution in [3.63, 3.8) is 0 Å². The Kier molecular flexibility index (Phi) is 2.10. The van der Waals surface area contributed by atoms with Crippen LogP contribution in [-0.2, 0) is 4.74 Å². The highest BCUT2D eigenvalue weighted by molar-refractivity contribution is 5.70. The summed E-state index contributed by atoms with van der Waals surface area (Å²) < 4.78 is 18.8. The van der Waals surface area contributed by atoms with Crippen molar-refractivity contribution in [2.75, 3.05) is 6.61 Å². The average molecular weight is 198 g/mol. The fraction of sp³-hybridized carbons (Fsp3) is 0.700. The highest BCUT2D eigenvalue weighted by Crippen LogP contribution is 2.40. The molecule has 0 radical (unpaired) electrons. The zero-order valence-corrected chi connectivity index (χ0v) is 8.51. The summed E-state index contributed by atoms with van der Waals surface area (Å²) in [6, 6.07) is 0. The fourth-order valence-corrected chi connectivity index (χ4v) is 1.19. The van der Waals surface area contributed by atoms with Crippen LogP contribution in [-0.4, -0.2) is 24.2 Å². The van der Waals surface area contributed by atoms with Crippen LogP contribution in [0.25, 0.3) is 0 Å². The van der Waals surface area contributed by atoms with Crippen LogP contribution >= 0.6 is 0 Å². The zero-order valence-electron chi connectivity index (χ0n) is 8.51. The number of aliphatic imine (C=N–C) groups is 1. The van der Waals surface area contributed by atoms with Gasteiger partial charge in [-0.3, -0.25) is 4.99 Å². The van der Waals surface area contributed by atoms with Crippen molar-refractivity contribution in [1.82, 2.24) is 5.32 Å². The third-order valence-corrected chi connectivity index (χ3v) is 2.51. The van der Waals surface area contributed by atoms with Crippen molar-refractivity contribution in [1.29, 1.82) is 0 Å². The normalized spacial score (nSPS) is 33.5. The summed E-state index contributed by atoms with van der Waals surface area (Å²) in [6.45, 7) is 3.88. The Balaban J connectivity index is 1.88. The molecule has 1 unspecified atom stereocenters. The number of ether oxygens (including phenoxy) is 1. The first kappa shape index (κ1) is 9.65. The Morgan fingerprint density at radius 3 is 2.86 bits per heavy atom. The van der Waals surface area contributed by atoms with E-state index < -0.39 is 11.4 Å². The van der Waals surface area contributed by atoms with E-state index in [0.717, 1.165) is 5.70 Å². The molecule has 1 aliphatic heterocycles. The first-order valence-electron chi connectivity index (χ1n) is 4.84. The molecule has 2 rings (SSSR count). The molecule has 0 bridgehead atoms. The average Bonchev–Trinajstić information content (AvgIpc) is 2.88. The molecule has 4 heteroatoms. The van der Waals surface area contributed by atoms with Crippen molar-refractivity contribution in [2.45, 2.75) is 38.1 Å². The molecule has 3 nitrogen and oxygen atoms in total. The first-order chi connectivity index (χ1) is 6.52. The Morgan fingerprint density at radius 1 is 1.64 bits per heavy atom. The van der Waals surface area contributed by atoms with Crippen molar-refractivity contribution in [3.05, 3.63) is 11.9 Å². The van der Waals surface area contributed by atoms with Gasteiger partial charge in [-0.1, -0.05) is 0 Å². The van der Waals surface area contributed by atoms with Gasteiger partial charge in [0.1, 0.15) is 5.67 Å². The molecular formula is C10H15FN2O. The predicted octanol–water partition coefficient (Wildman–Crippen LogP) is 1.76. The van der Waals surface area contributed by atoms with Gasteiger partial charge < -0.3 is 10.1 Å². The Labute approximate surface area is 83.0 Å². The number of allylic oxidation sites excluding steroid dienone is 1. The van der Waals surface area contributed by atoms with Crippen LogP contribution in [0.4, 0.5) is 4.39 Å². The quantitative estimate of drug-likeness (QED) is 0.749. The molecule has 14 heavy (non-hydrogen) atoms. The summed E-state index contributed by atoms with van der Waals surface area (Å²) in [5.41, 5.74) is -0.830. The van der Waals surface area contributed by atoms with Crippen LogP contribution < -0.4 is 5.32 Å². The molecule has 1 saturated carbocycles. The second-order valence-electron chi connectivity index (χ2n) is 4.23. The van der Waals surface area contributed by atoms with Gasteiger partial charge in [0, 0.05) is 6.20 Å². The minimum atomic E-state index is -1.07. The largest absolute Gasteiger partial charge is 0.358 e. The Bertz CT molecular complexity index is 296. The number of hydrogen-bond donors (Lipinski definition) is 1. The highest BCUT2D eigenvalue weighted by Gasteiger charge is 2.45. The van der Waals surface area contributed by atoms with Gasteiger partial charge in [-0.2, -0.15) is 0 Å². The molecule has 0 amide bonds. The van der Waals surface area contributed by atoms with E-state index in [1.165, 1.54) is 0 Å². The minimum Gasteiger partial charge on any atom is -0.358 e. The summed E-state index contributed by atoms with van der Waals surface area (Å²) in [5.74, 6) is 0. The maximum Gasteiger partial charge on any atom is 0.172 e. The van der Waals surface area contributed by atoms with Crippen molar-refractivity contribution < 1.29 is 9.13 Å². The predicted molar refractivity (Wildman–Crippen MR) is 52.8 cm³/mol. The van der Waals surface area contributed by atoms with Crippen LogP contribution in [0.5, 0.6) is 0 Å². The second-order valence-corrected chi connectivity index (χ2v) is 4.23. The lowest BCUT2D eigenvalue weighted by Crippen LogP contribution is -2.46. The lowest BCUT2D eigenvalue weighted by molar-refractivity contribution is -0.0259. The van der Waals surface area contributed by atoms with E-state index in [1.807, 2.05) is 13.8 Å². The molecule has 1 aliphatic carbocycles. The van der Waals surface area contributed by atoms with E-state index in [9.17, 15) is 4.39 Å². The monoisotopic (exact) mass is 198 g/mol. The van der Waals surface area contributed by atoms with E-state index in [2.05, 4.69) is 10.3 Å². The van der Waals surface area contributed by atoms with Gasteiger partial charge in [0.05, 0.1) is 18.5 Å². The number of rotatable bonds is 3. The van der Waals surface area contributed by atoms with E-state index in [0.29, 0.717) is 12.8 Å². The third-order valence-electron chi connectivity index (χ3n) is 2.51. The molecule has 0 aromatic heterocycles. The molecule has 0 aromatic rings. The number of nitrogens with zero attached hydrogens (tertiary/aromatic N) is 1. The Hall–Kier alpha value is -0.900. The fourth-order valence-electron chi connectivity index (χ4n) is 1.19. The molecule has 1 N–H and O–H groups in total. The summed E-state index contributed by atoms with van der Waals surface area (Å²) in [7, 11) is 0. The molecule has 78 valence electrons. The van der Waals surface area contributed by atoms with Gasteiger partial charge in [-0.05, 0) is 26.7 Å². The standard InChI is InChI=1S/C10H15FN2O/c1-8-5-13-9(2,6-12-8)14-7-10(11)3-4-10/h5-6,13H,3-4,7H2,1-2H3. The molecule has 1 heterocycles. The molecule has 0 saturated heterocycles. The first-order valence-corrected chi connectivity index (χ1v) is 4.84. The van der Waals surface area contributed by atoms with Crippen LogP contribution in [0.15, 0.2) is 16.9 Å². The molecule has 2 aliphatic rings. The number of nitrogens with one attached hydrogen (secondary N) is 1. The van der Waals surface area contributed by atoms with Gasteiger partial charge in [0.25, 0.3) is 0 Å². The number of alkyl halides is 1. The molecule has 0 spiro atoms. The van der Waals surface area contributed by atoms with Crippen molar-refractivity contribution in [2.24, 2.45) is 4.99 Å². The minimum absolute atomic E-state index is 0.148.